The van der Waals surface area contributed by atoms with Crippen LogP contribution in [0.15, 0.2) is 0 Å². The van der Waals surface area contributed by atoms with Gasteiger partial charge in [0.2, 0.25) is 0 Å². The van der Waals surface area contributed by atoms with Crippen LogP contribution in [0.25, 0.3) is 0 Å². The molecule has 4 rings (SSSR count). The Hall–Kier alpha value is -0.120. The van der Waals surface area contributed by atoms with E-state index in [2.05, 4.69) is 41.5 Å². The highest BCUT2D eigenvalue weighted by Gasteiger charge is 2.67. The second-order valence-electron chi connectivity index (χ2n) is 10.8. The van der Waals surface area contributed by atoms with Crippen LogP contribution in [0.4, 0.5) is 0 Å². The predicted molar refractivity (Wildman–Crippen MR) is 104 cm³/mol. The van der Waals surface area contributed by atoms with Crippen LogP contribution >= 0.6 is 0 Å². The van der Waals surface area contributed by atoms with E-state index in [0.717, 1.165) is 6.42 Å². The highest BCUT2D eigenvalue weighted by atomic mass is 16.7. The van der Waals surface area contributed by atoms with Gasteiger partial charge in [0.1, 0.15) is 0 Å². The third-order valence-electron chi connectivity index (χ3n) is 9.34. The molecule has 0 spiro atoms. The summed E-state index contributed by atoms with van der Waals surface area (Å²) in [5, 5.41) is 10.7. The smallest absolute Gasteiger partial charge is 0.163 e. The fourth-order valence-electron chi connectivity index (χ4n) is 8.13. The summed E-state index contributed by atoms with van der Waals surface area (Å²) in [7, 11) is 0. The Morgan fingerprint density at radius 2 is 1.81 bits per heavy atom. The average molecular weight is 365 g/mol. The quantitative estimate of drug-likeness (QED) is 0.748. The lowest BCUT2D eigenvalue weighted by Crippen LogP contribution is -2.71. The monoisotopic (exact) mass is 364 g/mol. The molecule has 0 aromatic heterocycles. The topological polar surface area (TPSA) is 38.7 Å². The van der Waals surface area contributed by atoms with Gasteiger partial charge in [-0.2, -0.15) is 0 Å². The Kier molecular flexibility index (Phi) is 4.57. The Balaban J connectivity index is 1.83. The Labute approximate surface area is 160 Å². The highest BCUT2D eigenvalue weighted by Crippen LogP contribution is 2.67. The number of aliphatic hydroxyl groups is 1. The maximum atomic E-state index is 10.7. The summed E-state index contributed by atoms with van der Waals surface area (Å²) in [6.07, 6.45) is 7.59. The fraction of sp³-hybridized carbons (Fsp3) is 1.00. The summed E-state index contributed by atoms with van der Waals surface area (Å²) in [5.41, 5.74) is -0.0638. The number of ether oxygens (including phenoxy) is 2. The van der Waals surface area contributed by atoms with E-state index in [-0.39, 0.29) is 17.1 Å². The fourth-order valence-corrected chi connectivity index (χ4v) is 8.13. The predicted octanol–water partition coefficient (Wildman–Crippen LogP) is 5.01. The van der Waals surface area contributed by atoms with Crippen molar-refractivity contribution in [2.45, 2.75) is 97.6 Å². The van der Waals surface area contributed by atoms with Crippen LogP contribution in [0.1, 0.15) is 80.1 Å². The summed E-state index contributed by atoms with van der Waals surface area (Å²) >= 11 is 0. The molecular weight excluding hydrogens is 324 g/mol. The van der Waals surface area contributed by atoms with Crippen LogP contribution in [0.5, 0.6) is 0 Å². The molecule has 3 aliphatic carbocycles. The normalized spacial score (nSPS) is 55.7. The summed E-state index contributed by atoms with van der Waals surface area (Å²) in [6.45, 7) is 14.1. The van der Waals surface area contributed by atoms with E-state index in [1.807, 2.05) is 0 Å². The number of rotatable bonds is 2. The minimum atomic E-state index is -0.512. The molecule has 0 amide bonds. The van der Waals surface area contributed by atoms with Crippen molar-refractivity contribution in [1.82, 2.24) is 0 Å². The minimum Gasteiger partial charge on any atom is -0.396 e. The van der Waals surface area contributed by atoms with Gasteiger partial charge in [-0.25, -0.2) is 0 Å². The van der Waals surface area contributed by atoms with Gasteiger partial charge in [-0.05, 0) is 75.0 Å². The maximum absolute atomic E-state index is 10.7. The summed E-state index contributed by atoms with van der Waals surface area (Å²) < 4.78 is 13.3. The van der Waals surface area contributed by atoms with Crippen molar-refractivity contribution in [1.29, 1.82) is 0 Å². The molecule has 1 aliphatic heterocycles. The molecule has 9 atom stereocenters. The number of hydrogen-bond acceptors (Lipinski definition) is 3. The van der Waals surface area contributed by atoms with E-state index >= 15 is 0 Å². The second-order valence-corrected chi connectivity index (χ2v) is 10.8. The van der Waals surface area contributed by atoms with Crippen molar-refractivity contribution in [3.63, 3.8) is 0 Å². The molecule has 4 aliphatic rings. The van der Waals surface area contributed by atoms with Crippen LogP contribution in [0.2, 0.25) is 0 Å². The first kappa shape index (κ1) is 19.2. The molecule has 4 fully saturated rings. The van der Waals surface area contributed by atoms with Crippen LogP contribution in [0, 0.1) is 40.9 Å². The highest BCUT2D eigenvalue weighted by molar-refractivity contribution is 5.15. The van der Waals surface area contributed by atoms with E-state index in [0.29, 0.717) is 42.1 Å². The Bertz CT molecular complexity index is 546. The molecule has 0 aromatic carbocycles. The number of hydrogen-bond donors (Lipinski definition) is 1. The molecule has 0 radical (unpaired) electrons. The molecule has 1 N–H and O–H groups in total. The Morgan fingerprint density at radius 3 is 2.46 bits per heavy atom. The minimum absolute atomic E-state index is 0.0852. The van der Waals surface area contributed by atoms with Crippen molar-refractivity contribution >= 4 is 0 Å². The lowest BCUT2D eigenvalue weighted by Gasteiger charge is -2.69. The SMILES string of the molecule is CC[C@H]1CC2C3[C@@H](CC4C(C)CCCC42CO)OC(C)(C)O[C@]3(C)C1C. The van der Waals surface area contributed by atoms with Crippen LogP contribution in [0.3, 0.4) is 0 Å². The van der Waals surface area contributed by atoms with Gasteiger partial charge in [0, 0.05) is 12.5 Å². The first-order valence-corrected chi connectivity index (χ1v) is 11.2. The molecule has 3 heteroatoms. The number of aliphatic hydroxyl groups excluding tert-OH is 1. The lowest BCUT2D eigenvalue weighted by atomic mass is 9.42. The molecule has 150 valence electrons. The average Bonchev–Trinajstić information content (AvgIpc) is 2.57. The van der Waals surface area contributed by atoms with Crippen LogP contribution < -0.4 is 0 Å². The van der Waals surface area contributed by atoms with Gasteiger partial charge in [0.15, 0.2) is 5.79 Å². The van der Waals surface area contributed by atoms with Crippen LogP contribution in [-0.2, 0) is 9.47 Å². The zero-order valence-corrected chi connectivity index (χ0v) is 17.8. The zero-order chi connectivity index (χ0) is 18.9. The van der Waals surface area contributed by atoms with Gasteiger partial charge in [-0.3, -0.25) is 0 Å². The number of fused-ring (bicyclic) bond motifs is 2. The van der Waals surface area contributed by atoms with Crippen molar-refractivity contribution in [2.75, 3.05) is 6.61 Å². The second kappa shape index (κ2) is 6.19. The van der Waals surface area contributed by atoms with Gasteiger partial charge in [0.05, 0.1) is 11.7 Å². The summed E-state index contributed by atoms with van der Waals surface area (Å²) in [5.74, 6) is 2.93. The largest absolute Gasteiger partial charge is 0.396 e. The van der Waals surface area contributed by atoms with Gasteiger partial charge >= 0.3 is 0 Å². The van der Waals surface area contributed by atoms with Crippen LogP contribution in [-0.4, -0.2) is 29.2 Å². The molecule has 3 nitrogen and oxygen atoms in total. The molecule has 3 saturated carbocycles. The van der Waals surface area contributed by atoms with Crippen molar-refractivity contribution in [3.05, 3.63) is 0 Å². The molecule has 26 heavy (non-hydrogen) atoms. The lowest BCUT2D eigenvalue weighted by molar-refractivity contribution is -0.403. The molecule has 0 aromatic rings. The first-order valence-electron chi connectivity index (χ1n) is 11.2. The Morgan fingerprint density at radius 1 is 1.08 bits per heavy atom. The van der Waals surface area contributed by atoms with Gasteiger partial charge in [0.25, 0.3) is 0 Å². The molecule has 1 saturated heterocycles. The van der Waals surface area contributed by atoms with Gasteiger partial charge in [-0.1, -0.05) is 40.0 Å². The standard InChI is InChI=1S/C23H40O3/c1-7-16-11-18-20-19(25-21(4,5)26-22(20,6)15(16)3)12-17-14(2)9-8-10-23(17,18)13-24/h14-20,24H,7-13H2,1-6H3/t14?,15?,16-,17?,18?,19+,20?,22+,23?/m0/s1. The third-order valence-corrected chi connectivity index (χ3v) is 9.34. The van der Waals surface area contributed by atoms with Crippen molar-refractivity contribution in [2.24, 2.45) is 40.9 Å². The van der Waals surface area contributed by atoms with Crippen molar-refractivity contribution < 1.29 is 14.6 Å². The van der Waals surface area contributed by atoms with E-state index in [1.165, 1.54) is 32.1 Å². The molecule has 0 bridgehead atoms. The first-order chi connectivity index (χ1) is 12.2. The third kappa shape index (κ3) is 2.49. The van der Waals surface area contributed by atoms with E-state index in [4.69, 9.17) is 9.47 Å². The molecule has 6 unspecified atom stereocenters. The van der Waals surface area contributed by atoms with E-state index < -0.39 is 5.79 Å². The summed E-state index contributed by atoms with van der Waals surface area (Å²) in [6, 6.07) is 0. The molecular formula is C23H40O3. The van der Waals surface area contributed by atoms with E-state index in [1.54, 1.807) is 0 Å². The van der Waals surface area contributed by atoms with Gasteiger partial charge < -0.3 is 14.6 Å². The zero-order valence-electron chi connectivity index (χ0n) is 17.8. The van der Waals surface area contributed by atoms with E-state index in [9.17, 15) is 5.11 Å². The van der Waals surface area contributed by atoms with Gasteiger partial charge in [-0.15, -0.1) is 0 Å². The maximum Gasteiger partial charge on any atom is 0.163 e. The van der Waals surface area contributed by atoms with Crippen molar-refractivity contribution in [3.8, 4) is 0 Å². The summed E-state index contributed by atoms with van der Waals surface area (Å²) in [4.78, 5) is 0. The molecule has 1 heterocycles.